The Morgan fingerprint density at radius 1 is 1.20 bits per heavy atom. The van der Waals surface area contributed by atoms with Crippen LogP contribution < -0.4 is 16.0 Å². The zero-order valence-corrected chi connectivity index (χ0v) is 24.3. The number of amides is 3. The van der Waals surface area contributed by atoms with Crippen molar-refractivity contribution in [2.24, 2.45) is 35.0 Å². The SMILES string of the molecule is CC1(C)CC(CC(C#N)NC=O)C(=O)N1.CCC(C1CC1)C(NC)C(=O)N1CC2C(C1)C2(C)C.O=CC(F)(F)F. The first-order valence-electron chi connectivity index (χ1n) is 14.0. The minimum Gasteiger partial charge on any atom is -0.351 e. The predicted octanol–water partition coefficient (Wildman–Crippen LogP) is 2.80. The van der Waals surface area contributed by atoms with Gasteiger partial charge in [-0.3, -0.25) is 19.2 Å². The molecule has 2 saturated heterocycles. The maximum absolute atomic E-state index is 12.7. The van der Waals surface area contributed by atoms with Gasteiger partial charge in [0.1, 0.15) is 6.04 Å². The molecule has 6 unspecified atom stereocenters. The molecule has 40 heavy (non-hydrogen) atoms. The molecule has 2 aliphatic heterocycles. The standard InChI is InChI=1S/C16H28N2O.C10H15N3O2.C2HF3O/c1-5-11(10-6-7-10)14(17-4)15(19)18-8-12-13(9-18)16(12,2)3;1-10(2)4-7(9(15)13-10)3-8(5-11)12-6-14;3-2(4,5)1-6/h10-14,17H,5-9H2,1-4H3;6-8H,3-4H2,1-2H3,(H,12,14)(H,13,15);1H. The monoisotopic (exact) mass is 571 g/mol. The lowest BCUT2D eigenvalue weighted by molar-refractivity contribution is -0.156. The highest BCUT2D eigenvalue weighted by atomic mass is 19.4. The van der Waals surface area contributed by atoms with Crippen LogP contribution in [-0.4, -0.2) is 73.3 Å². The van der Waals surface area contributed by atoms with Gasteiger partial charge in [0.25, 0.3) is 0 Å². The number of rotatable bonds is 9. The van der Waals surface area contributed by atoms with E-state index in [9.17, 15) is 27.6 Å². The van der Waals surface area contributed by atoms with Crippen molar-refractivity contribution in [3.05, 3.63) is 0 Å². The molecule has 9 nitrogen and oxygen atoms in total. The molecule has 4 rings (SSSR count). The van der Waals surface area contributed by atoms with Crippen LogP contribution in [0.1, 0.15) is 66.7 Å². The molecular formula is C28H44F3N5O4. The highest BCUT2D eigenvalue weighted by Gasteiger charge is 2.63. The van der Waals surface area contributed by atoms with Crippen molar-refractivity contribution in [2.75, 3.05) is 20.1 Å². The van der Waals surface area contributed by atoms with Crippen molar-refractivity contribution >= 4 is 24.5 Å². The molecular weight excluding hydrogens is 527 g/mol. The first-order chi connectivity index (χ1) is 18.5. The number of hydrogen-bond acceptors (Lipinski definition) is 6. The number of fused-ring (bicyclic) bond motifs is 1. The molecule has 226 valence electrons. The van der Waals surface area contributed by atoms with Gasteiger partial charge in [-0.05, 0) is 75.7 Å². The lowest BCUT2D eigenvalue weighted by Crippen LogP contribution is -2.50. The summed E-state index contributed by atoms with van der Waals surface area (Å²) in [5, 5.41) is 17.3. The van der Waals surface area contributed by atoms with E-state index < -0.39 is 18.5 Å². The molecule has 0 aromatic heterocycles. The van der Waals surface area contributed by atoms with Gasteiger partial charge in [-0.1, -0.05) is 27.2 Å². The third-order valence-electron chi connectivity index (χ3n) is 8.81. The van der Waals surface area contributed by atoms with Crippen molar-refractivity contribution in [2.45, 2.75) is 90.5 Å². The zero-order valence-electron chi connectivity index (χ0n) is 24.3. The van der Waals surface area contributed by atoms with E-state index in [2.05, 4.69) is 41.6 Å². The lowest BCUT2D eigenvalue weighted by Gasteiger charge is -2.31. The maximum atomic E-state index is 12.7. The summed E-state index contributed by atoms with van der Waals surface area (Å²) in [5.41, 5.74) is 0.287. The van der Waals surface area contributed by atoms with Crippen LogP contribution in [0.5, 0.6) is 0 Å². The molecule has 0 aromatic rings. The average molecular weight is 572 g/mol. The molecule has 4 aliphatic rings. The summed E-state index contributed by atoms with van der Waals surface area (Å²) in [4.78, 5) is 45.3. The summed E-state index contributed by atoms with van der Waals surface area (Å²) in [6.45, 7) is 12.8. The third kappa shape index (κ3) is 8.91. The summed E-state index contributed by atoms with van der Waals surface area (Å²) in [6.07, 6.45) is -0.369. The van der Waals surface area contributed by atoms with Crippen LogP contribution in [-0.2, 0) is 19.2 Å². The molecule has 3 amide bonds. The van der Waals surface area contributed by atoms with Gasteiger partial charge >= 0.3 is 6.18 Å². The molecule has 0 spiro atoms. The molecule has 6 atom stereocenters. The number of aldehydes is 1. The fourth-order valence-electron chi connectivity index (χ4n) is 6.31. The van der Waals surface area contributed by atoms with Crippen LogP contribution in [0, 0.1) is 46.3 Å². The van der Waals surface area contributed by atoms with Crippen molar-refractivity contribution < 1.29 is 32.3 Å². The Morgan fingerprint density at radius 2 is 1.75 bits per heavy atom. The van der Waals surface area contributed by atoms with E-state index in [0.29, 0.717) is 36.5 Å². The fourth-order valence-corrected chi connectivity index (χ4v) is 6.31. The number of piperidine rings is 1. The van der Waals surface area contributed by atoms with Crippen LogP contribution in [0.4, 0.5) is 13.2 Å². The van der Waals surface area contributed by atoms with Crippen LogP contribution in [0.25, 0.3) is 0 Å². The van der Waals surface area contributed by atoms with Crippen molar-refractivity contribution in [1.29, 1.82) is 5.26 Å². The number of nitrogens with zero attached hydrogens (tertiary/aromatic N) is 2. The summed E-state index contributed by atoms with van der Waals surface area (Å²) in [6, 6.07) is 1.43. The Labute approximate surface area is 235 Å². The summed E-state index contributed by atoms with van der Waals surface area (Å²) >= 11 is 0. The highest BCUT2D eigenvalue weighted by Crippen LogP contribution is 2.62. The minimum atomic E-state index is -4.64. The van der Waals surface area contributed by atoms with Crippen LogP contribution >= 0.6 is 0 Å². The fraction of sp³-hybridized carbons (Fsp3) is 0.821. The number of halogens is 3. The summed E-state index contributed by atoms with van der Waals surface area (Å²) in [7, 11) is 1.95. The minimum absolute atomic E-state index is 0.0343. The van der Waals surface area contributed by atoms with Crippen LogP contribution in [0.2, 0.25) is 0 Å². The molecule has 2 aliphatic carbocycles. The molecule has 3 N–H and O–H groups in total. The van der Waals surface area contributed by atoms with Crippen LogP contribution in [0.3, 0.4) is 0 Å². The van der Waals surface area contributed by atoms with Crippen LogP contribution in [0.15, 0.2) is 0 Å². The van der Waals surface area contributed by atoms with Gasteiger partial charge in [-0.15, -0.1) is 0 Å². The van der Waals surface area contributed by atoms with Gasteiger partial charge < -0.3 is 20.9 Å². The normalized spacial score (nSPS) is 27.6. The maximum Gasteiger partial charge on any atom is 0.446 e. The Bertz CT molecular complexity index is 947. The number of carbonyl (C=O) groups is 4. The van der Waals surface area contributed by atoms with E-state index in [1.807, 2.05) is 27.0 Å². The average Bonchev–Trinajstić information content (AvgIpc) is 3.69. The quantitative estimate of drug-likeness (QED) is 0.365. The van der Waals surface area contributed by atoms with Gasteiger partial charge in [0.15, 0.2) is 0 Å². The zero-order chi connectivity index (χ0) is 30.5. The van der Waals surface area contributed by atoms with E-state index in [0.717, 1.165) is 37.3 Å². The van der Waals surface area contributed by atoms with Crippen molar-refractivity contribution in [3.63, 3.8) is 0 Å². The molecule has 0 bridgehead atoms. The second kappa shape index (κ2) is 13.3. The molecule has 4 fully saturated rings. The second-order valence-corrected chi connectivity index (χ2v) is 12.6. The molecule has 2 heterocycles. The Kier molecular flexibility index (Phi) is 11.2. The van der Waals surface area contributed by atoms with Gasteiger partial charge in [0, 0.05) is 24.5 Å². The largest absolute Gasteiger partial charge is 0.446 e. The number of likely N-dealkylation sites (tertiary alicyclic amines) is 1. The number of carbonyl (C=O) groups excluding carboxylic acids is 4. The molecule has 2 saturated carbocycles. The Hall–Kier alpha value is -2.68. The van der Waals surface area contributed by atoms with Gasteiger partial charge in [-0.25, -0.2) is 0 Å². The Balaban J connectivity index is 0.000000239. The summed E-state index contributed by atoms with van der Waals surface area (Å²) in [5.74, 6) is 3.00. The lowest BCUT2D eigenvalue weighted by atomic mass is 9.90. The smallest absolute Gasteiger partial charge is 0.351 e. The number of likely N-dealkylation sites (N-methyl/N-ethyl adjacent to an activating group) is 1. The number of nitrogens with one attached hydrogen (secondary N) is 3. The molecule has 0 radical (unpaired) electrons. The number of nitriles is 1. The topological polar surface area (TPSA) is 131 Å². The first kappa shape index (κ1) is 33.5. The van der Waals surface area contributed by atoms with Gasteiger partial charge in [0.2, 0.25) is 24.5 Å². The second-order valence-electron chi connectivity index (χ2n) is 12.6. The predicted molar refractivity (Wildman–Crippen MR) is 142 cm³/mol. The number of hydrogen-bond donors (Lipinski definition) is 3. The third-order valence-corrected chi connectivity index (χ3v) is 8.81. The number of alkyl halides is 3. The van der Waals surface area contributed by atoms with E-state index in [-0.39, 0.29) is 23.4 Å². The Morgan fingerprint density at radius 3 is 2.10 bits per heavy atom. The van der Waals surface area contributed by atoms with Crippen molar-refractivity contribution in [3.8, 4) is 6.07 Å². The highest BCUT2D eigenvalue weighted by molar-refractivity contribution is 5.83. The van der Waals surface area contributed by atoms with E-state index in [1.165, 1.54) is 12.8 Å². The molecule has 0 aromatic carbocycles. The van der Waals surface area contributed by atoms with E-state index in [1.54, 1.807) is 0 Å². The van der Waals surface area contributed by atoms with E-state index >= 15 is 0 Å². The molecule has 12 heteroatoms. The summed E-state index contributed by atoms with van der Waals surface area (Å²) < 4.78 is 31.2. The first-order valence-corrected chi connectivity index (χ1v) is 14.0. The van der Waals surface area contributed by atoms with E-state index in [4.69, 9.17) is 10.1 Å². The van der Waals surface area contributed by atoms with Gasteiger partial charge in [-0.2, -0.15) is 18.4 Å². The van der Waals surface area contributed by atoms with Gasteiger partial charge in [0.05, 0.1) is 12.1 Å². The van der Waals surface area contributed by atoms with Crippen molar-refractivity contribution in [1.82, 2.24) is 20.9 Å².